The van der Waals surface area contributed by atoms with Gasteiger partial charge in [-0.05, 0) is 44.5 Å². The summed E-state index contributed by atoms with van der Waals surface area (Å²) in [5.41, 5.74) is 1.83. The Morgan fingerprint density at radius 1 is 1.27 bits per heavy atom. The summed E-state index contributed by atoms with van der Waals surface area (Å²) in [6.07, 6.45) is -1.36. The maximum atomic E-state index is 12.2. The molecule has 0 aliphatic carbocycles. The predicted molar refractivity (Wildman–Crippen MR) is 84.0 cm³/mol. The third-order valence-electron chi connectivity index (χ3n) is 3.33. The van der Waals surface area contributed by atoms with E-state index in [1.54, 1.807) is 20.8 Å². The molecule has 0 spiro atoms. The van der Waals surface area contributed by atoms with E-state index in [-0.39, 0.29) is 6.04 Å². The number of nitrogens with zero attached hydrogens (tertiary/aromatic N) is 1. The summed E-state index contributed by atoms with van der Waals surface area (Å²) in [7, 11) is 0. The van der Waals surface area contributed by atoms with Crippen LogP contribution >= 0.6 is 23.2 Å². The van der Waals surface area contributed by atoms with E-state index in [1.807, 2.05) is 0 Å². The Kier molecular flexibility index (Phi) is 5.11. The Morgan fingerprint density at radius 2 is 1.86 bits per heavy atom. The zero-order chi connectivity index (χ0) is 16.4. The molecule has 0 bridgehead atoms. The van der Waals surface area contributed by atoms with Gasteiger partial charge in [0, 0.05) is 15.6 Å². The van der Waals surface area contributed by atoms with E-state index < -0.39 is 12.0 Å². The molecule has 118 valence electrons. The van der Waals surface area contributed by atoms with Crippen LogP contribution in [0.25, 0.3) is 0 Å². The fourth-order valence-electron chi connectivity index (χ4n) is 2.36. The van der Waals surface area contributed by atoms with Gasteiger partial charge in [0.2, 0.25) is 0 Å². The highest BCUT2D eigenvalue weighted by molar-refractivity contribution is 6.34. The number of hydrogen-bond acceptors (Lipinski definition) is 4. The van der Waals surface area contributed by atoms with Gasteiger partial charge in [0.25, 0.3) is 5.91 Å². The zero-order valence-corrected chi connectivity index (χ0v) is 13.9. The van der Waals surface area contributed by atoms with Crippen LogP contribution in [0.15, 0.2) is 22.7 Å². The Bertz CT molecular complexity index is 660. The molecule has 2 rings (SSSR count). The molecule has 5 nitrogen and oxygen atoms in total. The van der Waals surface area contributed by atoms with Crippen LogP contribution < -0.4 is 5.32 Å². The number of nitrogens with one attached hydrogen (secondary N) is 1. The lowest BCUT2D eigenvalue weighted by atomic mass is 10.1. The van der Waals surface area contributed by atoms with Crippen LogP contribution in [-0.4, -0.2) is 16.2 Å². The van der Waals surface area contributed by atoms with Crippen molar-refractivity contribution in [3.05, 3.63) is 50.8 Å². The van der Waals surface area contributed by atoms with Gasteiger partial charge in [-0.15, -0.1) is 0 Å². The molecule has 0 radical (unpaired) electrons. The van der Waals surface area contributed by atoms with Gasteiger partial charge in [-0.1, -0.05) is 28.4 Å². The van der Waals surface area contributed by atoms with Crippen LogP contribution in [0.5, 0.6) is 0 Å². The molecule has 22 heavy (non-hydrogen) atoms. The quantitative estimate of drug-likeness (QED) is 0.891. The normalized spacial score (nSPS) is 13.7. The van der Waals surface area contributed by atoms with E-state index in [0.29, 0.717) is 27.1 Å². The maximum absolute atomic E-state index is 12.2. The number of halogens is 2. The van der Waals surface area contributed by atoms with Gasteiger partial charge < -0.3 is 14.9 Å². The van der Waals surface area contributed by atoms with Crippen LogP contribution in [0.2, 0.25) is 10.0 Å². The van der Waals surface area contributed by atoms with Crippen molar-refractivity contribution in [3.8, 4) is 0 Å². The largest absolute Gasteiger partial charge is 0.378 e. The molecule has 0 saturated carbocycles. The van der Waals surface area contributed by atoms with E-state index >= 15 is 0 Å². The molecule has 1 aromatic heterocycles. The van der Waals surface area contributed by atoms with Crippen molar-refractivity contribution in [2.24, 2.45) is 0 Å². The van der Waals surface area contributed by atoms with E-state index in [0.717, 1.165) is 5.56 Å². The summed E-state index contributed by atoms with van der Waals surface area (Å²) >= 11 is 11.8. The Morgan fingerprint density at radius 3 is 2.36 bits per heavy atom. The monoisotopic (exact) mass is 342 g/mol. The number of carbonyl (C=O) groups excluding carboxylic acids is 1. The predicted octanol–water partition coefficient (Wildman–Crippen LogP) is 3.51. The van der Waals surface area contributed by atoms with Crippen molar-refractivity contribution in [2.45, 2.75) is 32.9 Å². The minimum Gasteiger partial charge on any atom is -0.378 e. The highest BCUT2D eigenvalue weighted by Gasteiger charge is 2.23. The number of aryl methyl sites for hydroxylation is 2. The SMILES string of the molecule is Cc1noc(C)c1[C@@H](C)NC(=O)[C@H](O)c1cc(Cl)cc(Cl)c1. The second-order valence-electron chi connectivity index (χ2n) is 5.07. The summed E-state index contributed by atoms with van der Waals surface area (Å²) in [5, 5.41) is 17.4. The summed E-state index contributed by atoms with van der Waals surface area (Å²) < 4.78 is 5.08. The van der Waals surface area contributed by atoms with Crippen LogP contribution in [0.1, 0.15) is 41.7 Å². The lowest BCUT2D eigenvalue weighted by Gasteiger charge is -2.17. The number of hydrogen-bond donors (Lipinski definition) is 2. The molecule has 1 heterocycles. The number of amides is 1. The summed E-state index contributed by atoms with van der Waals surface area (Å²) in [5.74, 6) is 0.0800. The number of aliphatic hydroxyl groups is 1. The highest BCUT2D eigenvalue weighted by Crippen LogP contribution is 2.25. The van der Waals surface area contributed by atoms with Crippen LogP contribution in [-0.2, 0) is 4.79 Å². The highest BCUT2D eigenvalue weighted by atomic mass is 35.5. The molecule has 1 amide bonds. The van der Waals surface area contributed by atoms with Crippen molar-refractivity contribution in [1.29, 1.82) is 0 Å². The van der Waals surface area contributed by atoms with Crippen molar-refractivity contribution in [3.63, 3.8) is 0 Å². The van der Waals surface area contributed by atoms with E-state index in [2.05, 4.69) is 10.5 Å². The minimum absolute atomic E-state index is 0.334. The number of aromatic nitrogens is 1. The van der Waals surface area contributed by atoms with Crippen molar-refractivity contribution in [1.82, 2.24) is 10.5 Å². The molecule has 7 heteroatoms. The van der Waals surface area contributed by atoms with Crippen LogP contribution in [0.4, 0.5) is 0 Å². The van der Waals surface area contributed by atoms with E-state index in [1.165, 1.54) is 18.2 Å². The molecule has 0 saturated heterocycles. The Balaban J connectivity index is 2.14. The molecular formula is C15H16Cl2N2O3. The second kappa shape index (κ2) is 6.69. The fourth-order valence-corrected chi connectivity index (χ4v) is 2.90. The standard InChI is InChI=1S/C15H16Cl2N2O3/c1-7(13-8(2)19-22-9(13)3)18-15(21)14(20)10-4-11(16)6-12(17)5-10/h4-7,14,20H,1-3H3,(H,18,21)/t7-,14-/m1/s1. The van der Waals surface area contributed by atoms with Gasteiger partial charge in [-0.3, -0.25) is 4.79 Å². The topological polar surface area (TPSA) is 75.4 Å². The number of rotatable bonds is 4. The van der Waals surface area contributed by atoms with Crippen molar-refractivity contribution < 1.29 is 14.4 Å². The smallest absolute Gasteiger partial charge is 0.253 e. The first-order valence-corrected chi connectivity index (χ1v) is 7.42. The van der Waals surface area contributed by atoms with Gasteiger partial charge in [0.1, 0.15) is 5.76 Å². The Hall–Kier alpha value is -1.56. The van der Waals surface area contributed by atoms with E-state index in [4.69, 9.17) is 27.7 Å². The van der Waals surface area contributed by atoms with Gasteiger partial charge in [-0.25, -0.2) is 0 Å². The number of aliphatic hydroxyl groups excluding tert-OH is 1. The molecule has 2 N–H and O–H groups in total. The van der Waals surface area contributed by atoms with Crippen molar-refractivity contribution >= 4 is 29.1 Å². The van der Waals surface area contributed by atoms with Crippen LogP contribution in [0.3, 0.4) is 0 Å². The maximum Gasteiger partial charge on any atom is 0.253 e. The number of carbonyl (C=O) groups is 1. The van der Waals surface area contributed by atoms with Gasteiger partial charge in [0.05, 0.1) is 11.7 Å². The van der Waals surface area contributed by atoms with Gasteiger partial charge in [0.15, 0.2) is 6.10 Å². The third kappa shape index (κ3) is 3.61. The first-order valence-electron chi connectivity index (χ1n) is 6.66. The Labute approximate surface area is 138 Å². The first kappa shape index (κ1) is 16.8. The summed E-state index contributed by atoms with van der Waals surface area (Å²) in [6, 6.07) is 4.18. The zero-order valence-electron chi connectivity index (χ0n) is 12.4. The van der Waals surface area contributed by atoms with Crippen molar-refractivity contribution in [2.75, 3.05) is 0 Å². The lowest BCUT2D eigenvalue weighted by molar-refractivity contribution is -0.130. The average molecular weight is 343 g/mol. The molecule has 1 aromatic carbocycles. The molecule has 0 aliphatic heterocycles. The molecule has 2 atom stereocenters. The first-order chi connectivity index (χ1) is 10.3. The third-order valence-corrected chi connectivity index (χ3v) is 3.77. The fraction of sp³-hybridized carbons (Fsp3) is 0.333. The average Bonchev–Trinajstić information content (AvgIpc) is 2.76. The summed E-state index contributed by atoms with van der Waals surface area (Å²) in [4.78, 5) is 12.2. The minimum atomic E-state index is -1.36. The molecule has 0 aliphatic rings. The molecule has 0 unspecified atom stereocenters. The molecule has 2 aromatic rings. The lowest BCUT2D eigenvalue weighted by Crippen LogP contribution is -2.32. The second-order valence-corrected chi connectivity index (χ2v) is 5.95. The van der Waals surface area contributed by atoms with Crippen LogP contribution in [0, 0.1) is 13.8 Å². The van der Waals surface area contributed by atoms with Gasteiger partial charge >= 0.3 is 0 Å². The number of benzene rings is 1. The van der Waals surface area contributed by atoms with E-state index in [9.17, 15) is 9.90 Å². The van der Waals surface area contributed by atoms with Gasteiger partial charge in [-0.2, -0.15) is 0 Å². The molecule has 0 fully saturated rings. The summed E-state index contributed by atoms with van der Waals surface area (Å²) in [6.45, 7) is 5.36. The molecular weight excluding hydrogens is 327 g/mol.